The molecule has 0 N–H and O–H groups in total. The molecule has 0 spiro atoms. The average Bonchev–Trinajstić information content (AvgIpc) is 2.34. The lowest BCUT2D eigenvalue weighted by Crippen LogP contribution is -2.02. The third kappa shape index (κ3) is 4.15. The van der Waals surface area contributed by atoms with E-state index in [1.54, 1.807) is 14.2 Å². The van der Waals surface area contributed by atoms with E-state index >= 15 is 0 Å². The Bertz CT molecular complexity index is 293. The number of rotatable bonds is 7. The van der Waals surface area contributed by atoms with E-state index in [0.29, 0.717) is 19.5 Å². The molecule has 0 unspecified atom stereocenters. The topological polar surface area (TPSA) is 27.7 Å². The Balaban J connectivity index is 2.57. The Morgan fingerprint density at radius 3 is 2.44 bits per heavy atom. The molecule has 0 aromatic heterocycles. The Morgan fingerprint density at radius 2 is 1.81 bits per heavy atom. The summed E-state index contributed by atoms with van der Waals surface area (Å²) in [6, 6.07) is 5.68. The molecule has 0 bridgehead atoms. The summed E-state index contributed by atoms with van der Waals surface area (Å²) in [5.41, 5.74) is 1.00. The Labute approximate surface area is 98.1 Å². The zero-order valence-corrected chi connectivity index (χ0v) is 9.86. The van der Waals surface area contributed by atoms with Gasteiger partial charge in [0.1, 0.15) is 11.5 Å². The fraction of sp³-hybridized carbons (Fsp3) is 0.500. The van der Waals surface area contributed by atoms with Crippen LogP contribution in [0, 0.1) is 0 Å². The van der Waals surface area contributed by atoms with Gasteiger partial charge in [0.25, 0.3) is 0 Å². The first kappa shape index (κ1) is 12.9. The summed E-state index contributed by atoms with van der Waals surface area (Å²) in [7, 11) is 8.90. The van der Waals surface area contributed by atoms with E-state index in [2.05, 4.69) is 0 Å². The van der Waals surface area contributed by atoms with E-state index in [-0.39, 0.29) is 0 Å². The molecule has 0 fully saturated rings. The lowest BCUT2D eigenvalue weighted by atomic mass is 9.97. The maximum absolute atomic E-state index is 5.59. The summed E-state index contributed by atoms with van der Waals surface area (Å²) in [6.07, 6.45) is 1.34. The maximum atomic E-state index is 5.59. The largest absolute Gasteiger partial charge is 0.497 e. The van der Waals surface area contributed by atoms with Crippen molar-refractivity contribution in [2.75, 3.05) is 27.4 Å². The van der Waals surface area contributed by atoms with Crippen LogP contribution in [-0.4, -0.2) is 35.3 Å². The molecule has 1 aromatic carbocycles. The van der Waals surface area contributed by atoms with Gasteiger partial charge in [-0.15, -0.1) is 0 Å². The van der Waals surface area contributed by atoms with Crippen LogP contribution in [0.1, 0.15) is 12.0 Å². The Kier molecular flexibility index (Phi) is 5.79. The number of ether oxygens (including phenoxy) is 3. The van der Waals surface area contributed by atoms with Crippen LogP contribution in [0.5, 0.6) is 11.5 Å². The molecule has 0 aliphatic carbocycles. The number of methoxy groups -OCH3 is 2. The van der Waals surface area contributed by atoms with Crippen molar-refractivity contribution in [3.63, 3.8) is 0 Å². The van der Waals surface area contributed by atoms with E-state index in [1.165, 1.54) is 0 Å². The molecule has 0 atom stereocenters. The van der Waals surface area contributed by atoms with E-state index in [4.69, 9.17) is 22.1 Å². The molecule has 0 aliphatic rings. The standard InChI is InChI=1S/C12H17BO3/c1-14-4-3-5-16-12-7-10(9-13)6-11(8-12)15-2/h6-8H,3-5,9H2,1-2H3. The molecule has 0 aliphatic heterocycles. The van der Waals surface area contributed by atoms with Crippen molar-refractivity contribution in [1.82, 2.24) is 0 Å². The zero-order chi connectivity index (χ0) is 11.8. The highest BCUT2D eigenvalue weighted by atomic mass is 16.5. The van der Waals surface area contributed by atoms with E-state index in [1.807, 2.05) is 18.2 Å². The Morgan fingerprint density at radius 1 is 1.06 bits per heavy atom. The first-order valence-electron chi connectivity index (χ1n) is 5.30. The fourth-order valence-electron chi connectivity index (χ4n) is 1.34. The zero-order valence-electron chi connectivity index (χ0n) is 9.86. The van der Waals surface area contributed by atoms with Crippen molar-refractivity contribution in [2.45, 2.75) is 12.7 Å². The summed E-state index contributed by atoms with van der Waals surface area (Å²) >= 11 is 0. The van der Waals surface area contributed by atoms with Crippen LogP contribution in [0.3, 0.4) is 0 Å². The highest BCUT2D eigenvalue weighted by Crippen LogP contribution is 2.22. The van der Waals surface area contributed by atoms with Gasteiger partial charge in [-0.25, -0.2) is 0 Å². The molecule has 16 heavy (non-hydrogen) atoms. The van der Waals surface area contributed by atoms with Crippen LogP contribution in [0.2, 0.25) is 0 Å². The molecule has 86 valence electrons. The van der Waals surface area contributed by atoms with Crippen LogP contribution < -0.4 is 9.47 Å². The molecular formula is C12H17BO3. The smallest absolute Gasteiger partial charge is 0.123 e. The quantitative estimate of drug-likeness (QED) is 0.517. The molecule has 0 heterocycles. The van der Waals surface area contributed by atoms with Gasteiger partial charge in [0, 0.05) is 26.2 Å². The highest BCUT2D eigenvalue weighted by Gasteiger charge is 2.01. The number of hydrogen-bond donors (Lipinski definition) is 0. The predicted octanol–water partition coefficient (Wildman–Crippen LogP) is 1.78. The minimum absolute atomic E-state index is 0.478. The monoisotopic (exact) mass is 220 g/mol. The molecular weight excluding hydrogens is 203 g/mol. The van der Waals surface area contributed by atoms with Gasteiger partial charge in [0.2, 0.25) is 0 Å². The third-order valence-electron chi connectivity index (χ3n) is 2.17. The van der Waals surface area contributed by atoms with Crippen molar-refractivity contribution >= 4 is 7.85 Å². The molecule has 0 amide bonds. The molecule has 0 saturated carbocycles. The number of hydrogen-bond acceptors (Lipinski definition) is 3. The van der Waals surface area contributed by atoms with Gasteiger partial charge in [-0.2, -0.15) is 0 Å². The summed E-state index contributed by atoms with van der Waals surface area (Å²) in [4.78, 5) is 0. The fourth-order valence-corrected chi connectivity index (χ4v) is 1.34. The molecule has 1 rings (SSSR count). The van der Waals surface area contributed by atoms with E-state index in [9.17, 15) is 0 Å². The summed E-state index contributed by atoms with van der Waals surface area (Å²) in [6.45, 7) is 1.33. The first-order valence-corrected chi connectivity index (χ1v) is 5.30. The van der Waals surface area contributed by atoms with Crippen LogP contribution in [0.4, 0.5) is 0 Å². The van der Waals surface area contributed by atoms with Gasteiger partial charge in [0.05, 0.1) is 21.6 Å². The van der Waals surface area contributed by atoms with Gasteiger partial charge < -0.3 is 14.2 Å². The summed E-state index contributed by atoms with van der Waals surface area (Å²) in [5.74, 6) is 1.56. The van der Waals surface area contributed by atoms with Crippen molar-refractivity contribution in [3.8, 4) is 11.5 Å². The van der Waals surface area contributed by atoms with Crippen LogP contribution in [0.25, 0.3) is 0 Å². The minimum Gasteiger partial charge on any atom is -0.497 e. The maximum Gasteiger partial charge on any atom is 0.123 e. The predicted molar refractivity (Wildman–Crippen MR) is 64.4 cm³/mol. The van der Waals surface area contributed by atoms with Crippen molar-refractivity contribution < 1.29 is 14.2 Å². The first-order chi connectivity index (χ1) is 7.80. The lowest BCUT2D eigenvalue weighted by Gasteiger charge is -2.09. The van der Waals surface area contributed by atoms with Gasteiger partial charge in [0.15, 0.2) is 0 Å². The normalized spacial score (nSPS) is 10.1. The Hall–Kier alpha value is -1.16. The summed E-state index contributed by atoms with van der Waals surface area (Å²) < 4.78 is 15.7. The van der Waals surface area contributed by atoms with E-state index < -0.39 is 0 Å². The second-order valence-corrected chi connectivity index (χ2v) is 3.42. The van der Waals surface area contributed by atoms with Gasteiger partial charge in [-0.05, 0) is 17.7 Å². The highest BCUT2D eigenvalue weighted by molar-refractivity contribution is 6.08. The molecule has 1 aromatic rings. The molecule has 0 saturated heterocycles. The number of benzene rings is 1. The van der Waals surface area contributed by atoms with Gasteiger partial charge in [-0.3, -0.25) is 0 Å². The van der Waals surface area contributed by atoms with Crippen molar-refractivity contribution in [1.29, 1.82) is 0 Å². The van der Waals surface area contributed by atoms with Crippen molar-refractivity contribution in [3.05, 3.63) is 23.8 Å². The molecule has 2 radical (unpaired) electrons. The summed E-state index contributed by atoms with van der Waals surface area (Å²) in [5, 5.41) is 0. The van der Waals surface area contributed by atoms with Crippen molar-refractivity contribution in [2.24, 2.45) is 0 Å². The van der Waals surface area contributed by atoms with Gasteiger partial charge >= 0.3 is 0 Å². The van der Waals surface area contributed by atoms with Gasteiger partial charge in [-0.1, -0.05) is 6.32 Å². The van der Waals surface area contributed by atoms with Crippen LogP contribution in [0.15, 0.2) is 18.2 Å². The molecule has 3 nitrogen and oxygen atoms in total. The lowest BCUT2D eigenvalue weighted by molar-refractivity contribution is 0.172. The van der Waals surface area contributed by atoms with Crippen LogP contribution >= 0.6 is 0 Å². The minimum atomic E-state index is 0.478. The second kappa shape index (κ2) is 7.17. The second-order valence-electron chi connectivity index (χ2n) is 3.42. The third-order valence-corrected chi connectivity index (χ3v) is 2.17. The average molecular weight is 220 g/mol. The van der Waals surface area contributed by atoms with E-state index in [0.717, 1.165) is 23.5 Å². The molecule has 4 heteroatoms. The van der Waals surface area contributed by atoms with Crippen LogP contribution in [-0.2, 0) is 11.1 Å². The SMILES string of the molecule is [B]Cc1cc(OC)cc(OCCCOC)c1.